The van der Waals surface area contributed by atoms with Crippen molar-refractivity contribution in [1.29, 1.82) is 0 Å². The molecule has 90 valence electrons. The Balaban J connectivity index is 2.30. The van der Waals surface area contributed by atoms with Crippen LogP contribution in [0.3, 0.4) is 0 Å². The van der Waals surface area contributed by atoms with Crippen LogP contribution >= 0.6 is 0 Å². The number of hydrogen-bond donors (Lipinski definition) is 1. The summed E-state index contributed by atoms with van der Waals surface area (Å²) in [5.74, 6) is -1.14. The molecule has 0 bridgehead atoms. The summed E-state index contributed by atoms with van der Waals surface area (Å²) in [6.45, 7) is 1.91. The number of carbonyl (C=O) groups excluding carboxylic acids is 2. The van der Waals surface area contributed by atoms with Crippen molar-refractivity contribution >= 4 is 11.8 Å². The highest BCUT2D eigenvalue weighted by Crippen LogP contribution is 2.33. The third-order valence-electron chi connectivity index (χ3n) is 3.23. The summed E-state index contributed by atoms with van der Waals surface area (Å²) in [5.41, 5.74) is 0.849. The number of piperidine rings is 1. The number of halogens is 1. The first-order chi connectivity index (χ1) is 8.11. The molecule has 0 spiro atoms. The van der Waals surface area contributed by atoms with Gasteiger partial charge in [0, 0.05) is 18.3 Å². The highest BCUT2D eigenvalue weighted by molar-refractivity contribution is 5.99. The quantitative estimate of drug-likeness (QED) is 0.797. The van der Waals surface area contributed by atoms with Crippen LogP contribution < -0.4 is 5.32 Å². The van der Waals surface area contributed by atoms with E-state index < -0.39 is 0 Å². The molecule has 2 amide bonds. The Morgan fingerprint density at radius 2 is 1.94 bits per heavy atom. The van der Waals surface area contributed by atoms with Crippen LogP contribution in [0.4, 0.5) is 4.39 Å². The summed E-state index contributed by atoms with van der Waals surface area (Å²) in [7, 11) is 0. The van der Waals surface area contributed by atoms with E-state index in [4.69, 9.17) is 0 Å². The molecule has 0 aromatic heterocycles. The minimum Gasteiger partial charge on any atom is -0.296 e. The van der Waals surface area contributed by atoms with Gasteiger partial charge in [-0.1, -0.05) is 19.1 Å². The standard InChI is InChI=1S/C13H14FNO2/c1-2-10-11(7-12(16)15-13(10)17)8-3-5-9(14)6-4-8/h3-6,10-11H,2,7H2,1H3,(H,15,16,17). The van der Waals surface area contributed by atoms with Crippen LogP contribution in [0.25, 0.3) is 0 Å². The van der Waals surface area contributed by atoms with Gasteiger partial charge >= 0.3 is 0 Å². The van der Waals surface area contributed by atoms with Crippen molar-refractivity contribution in [3.63, 3.8) is 0 Å². The molecular weight excluding hydrogens is 221 g/mol. The number of hydrogen-bond acceptors (Lipinski definition) is 2. The first-order valence-electron chi connectivity index (χ1n) is 5.71. The van der Waals surface area contributed by atoms with Gasteiger partial charge in [0.15, 0.2) is 0 Å². The zero-order valence-corrected chi connectivity index (χ0v) is 9.57. The van der Waals surface area contributed by atoms with Gasteiger partial charge in [0.25, 0.3) is 0 Å². The lowest BCUT2D eigenvalue weighted by molar-refractivity contribution is -0.137. The van der Waals surface area contributed by atoms with Gasteiger partial charge in [-0.15, -0.1) is 0 Å². The predicted molar refractivity (Wildman–Crippen MR) is 60.7 cm³/mol. The molecule has 2 unspecified atom stereocenters. The van der Waals surface area contributed by atoms with E-state index in [-0.39, 0.29) is 35.9 Å². The fraction of sp³-hybridized carbons (Fsp3) is 0.385. The van der Waals surface area contributed by atoms with E-state index in [2.05, 4.69) is 5.32 Å². The molecule has 1 aliphatic rings. The Bertz CT molecular complexity index is 441. The van der Waals surface area contributed by atoms with Gasteiger partial charge in [0.05, 0.1) is 0 Å². The van der Waals surface area contributed by atoms with E-state index in [1.807, 2.05) is 6.92 Å². The fourth-order valence-electron chi connectivity index (χ4n) is 2.34. The number of carbonyl (C=O) groups is 2. The van der Waals surface area contributed by atoms with E-state index in [0.29, 0.717) is 6.42 Å². The van der Waals surface area contributed by atoms with Crippen molar-refractivity contribution in [2.75, 3.05) is 0 Å². The first-order valence-corrected chi connectivity index (χ1v) is 5.71. The summed E-state index contributed by atoms with van der Waals surface area (Å²) >= 11 is 0. The molecule has 3 nitrogen and oxygen atoms in total. The second kappa shape index (κ2) is 4.65. The molecule has 2 rings (SSSR count). The van der Waals surface area contributed by atoms with Crippen molar-refractivity contribution in [3.05, 3.63) is 35.6 Å². The second-order valence-electron chi connectivity index (χ2n) is 4.29. The van der Waals surface area contributed by atoms with Crippen molar-refractivity contribution < 1.29 is 14.0 Å². The SMILES string of the molecule is CCC1C(=O)NC(=O)CC1c1ccc(F)cc1. The van der Waals surface area contributed by atoms with Gasteiger partial charge < -0.3 is 0 Å². The summed E-state index contributed by atoms with van der Waals surface area (Å²) in [4.78, 5) is 23.1. The fourth-order valence-corrected chi connectivity index (χ4v) is 2.34. The average molecular weight is 235 g/mol. The molecule has 1 N–H and O–H groups in total. The van der Waals surface area contributed by atoms with E-state index in [9.17, 15) is 14.0 Å². The third-order valence-corrected chi connectivity index (χ3v) is 3.23. The second-order valence-corrected chi connectivity index (χ2v) is 4.29. The largest absolute Gasteiger partial charge is 0.296 e. The average Bonchev–Trinajstić information content (AvgIpc) is 2.29. The molecule has 1 heterocycles. The van der Waals surface area contributed by atoms with E-state index in [1.165, 1.54) is 12.1 Å². The molecule has 1 aromatic rings. The van der Waals surface area contributed by atoms with Gasteiger partial charge in [0.2, 0.25) is 11.8 Å². The molecule has 1 aliphatic heterocycles. The van der Waals surface area contributed by atoms with Gasteiger partial charge in [0.1, 0.15) is 5.82 Å². The number of imide groups is 1. The normalized spacial score (nSPS) is 24.6. The molecule has 1 fully saturated rings. The maximum atomic E-state index is 12.8. The number of benzene rings is 1. The lowest BCUT2D eigenvalue weighted by Crippen LogP contribution is -2.44. The van der Waals surface area contributed by atoms with Gasteiger partial charge in [-0.2, -0.15) is 0 Å². The van der Waals surface area contributed by atoms with Crippen LogP contribution in [0.1, 0.15) is 31.2 Å². The molecule has 1 aromatic carbocycles. The summed E-state index contributed by atoms with van der Waals surface area (Å²) in [5, 5.41) is 2.34. The zero-order chi connectivity index (χ0) is 12.4. The molecule has 0 saturated carbocycles. The minimum absolute atomic E-state index is 0.137. The molecule has 17 heavy (non-hydrogen) atoms. The predicted octanol–water partition coefficient (Wildman–Crippen LogP) is 1.98. The Morgan fingerprint density at radius 3 is 2.53 bits per heavy atom. The Morgan fingerprint density at radius 1 is 1.29 bits per heavy atom. The van der Waals surface area contributed by atoms with Crippen LogP contribution in [0.2, 0.25) is 0 Å². The van der Waals surface area contributed by atoms with E-state index in [1.54, 1.807) is 12.1 Å². The maximum Gasteiger partial charge on any atom is 0.230 e. The molecule has 1 saturated heterocycles. The van der Waals surface area contributed by atoms with Crippen molar-refractivity contribution in [2.24, 2.45) is 5.92 Å². The molecule has 0 aliphatic carbocycles. The van der Waals surface area contributed by atoms with Gasteiger partial charge in [-0.05, 0) is 24.1 Å². The van der Waals surface area contributed by atoms with Crippen LogP contribution in [0.5, 0.6) is 0 Å². The lowest BCUT2D eigenvalue weighted by Gasteiger charge is -2.29. The lowest BCUT2D eigenvalue weighted by atomic mass is 9.79. The third kappa shape index (κ3) is 2.35. The van der Waals surface area contributed by atoms with E-state index >= 15 is 0 Å². The van der Waals surface area contributed by atoms with Crippen LogP contribution in [-0.4, -0.2) is 11.8 Å². The molecule has 4 heteroatoms. The Hall–Kier alpha value is -1.71. The zero-order valence-electron chi connectivity index (χ0n) is 9.57. The molecular formula is C13H14FNO2. The maximum absolute atomic E-state index is 12.8. The van der Waals surface area contributed by atoms with Crippen molar-refractivity contribution in [2.45, 2.75) is 25.7 Å². The van der Waals surface area contributed by atoms with Crippen LogP contribution in [0, 0.1) is 11.7 Å². The Labute approximate surface area is 99.0 Å². The topological polar surface area (TPSA) is 46.2 Å². The van der Waals surface area contributed by atoms with Crippen LogP contribution in [-0.2, 0) is 9.59 Å². The van der Waals surface area contributed by atoms with Crippen molar-refractivity contribution in [3.8, 4) is 0 Å². The Kier molecular flexibility index (Phi) is 3.22. The number of amides is 2. The summed E-state index contributed by atoms with van der Waals surface area (Å²) < 4.78 is 12.8. The monoisotopic (exact) mass is 235 g/mol. The minimum atomic E-state index is -0.312. The van der Waals surface area contributed by atoms with Crippen molar-refractivity contribution in [1.82, 2.24) is 5.32 Å². The summed E-state index contributed by atoms with van der Waals surface area (Å²) in [6, 6.07) is 6.02. The first kappa shape index (κ1) is 11.8. The van der Waals surface area contributed by atoms with Gasteiger partial charge in [-0.3, -0.25) is 14.9 Å². The smallest absolute Gasteiger partial charge is 0.230 e. The van der Waals surface area contributed by atoms with E-state index in [0.717, 1.165) is 5.56 Å². The molecule has 0 radical (unpaired) electrons. The highest BCUT2D eigenvalue weighted by Gasteiger charge is 2.35. The number of nitrogens with one attached hydrogen (secondary N) is 1. The molecule has 2 atom stereocenters. The highest BCUT2D eigenvalue weighted by atomic mass is 19.1. The van der Waals surface area contributed by atoms with Crippen LogP contribution in [0.15, 0.2) is 24.3 Å². The van der Waals surface area contributed by atoms with Gasteiger partial charge in [-0.25, -0.2) is 4.39 Å². The summed E-state index contributed by atoms with van der Waals surface area (Å²) in [6.07, 6.45) is 0.955. The number of rotatable bonds is 2.